The summed E-state index contributed by atoms with van der Waals surface area (Å²) < 4.78 is 0.789. The smallest absolute Gasteiger partial charge is 0.272 e. The van der Waals surface area contributed by atoms with Crippen molar-refractivity contribution >= 4 is 39.3 Å². The molecule has 0 fully saturated rings. The average Bonchev–Trinajstić information content (AvgIpc) is 2.53. The maximum atomic E-state index is 12.2. The average molecular weight is 386 g/mol. The van der Waals surface area contributed by atoms with Gasteiger partial charge in [-0.15, -0.1) is 0 Å². The molecule has 0 aliphatic carbocycles. The second-order valence-corrected chi connectivity index (χ2v) is 5.85. The van der Waals surface area contributed by atoms with Crippen LogP contribution in [0.15, 0.2) is 52.5 Å². The molecule has 0 heterocycles. The number of carbonyl (C=O) groups is 1. The zero-order chi connectivity index (χ0) is 17.7. The van der Waals surface area contributed by atoms with E-state index in [4.69, 9.17) is 0 Å². The maximum absolute atomic E-state index is 12.2. The number of nitro benzene ring substituents is 1. The van der Waals surface area contributed by atoms with Crippen LogP contribution in [0.2, 0.25) is 0 Å². The summed E-state index contributed by atoms with van der Waals surface area (Å²) in [7, 11) is 0. The molecule has 0 saturated carbocycles. The Balaban J connectivity index is 2.29. The van der Waals surface area contributed by atoms with E-state index in [1.54, 1.807) is 37.3 Å². The largest absolute Gasteiger partial charge is 0.321 e. The first-order valence-corrected chi connectivity index (χ1v) is 7.64. The van der Waals surface area contributed by atoms with E-state index in [1.165, 1.54) is 12.1 Å². The van der Waals surface area contributed by atoms with Gasteiger partial charge < -0.3 is 5.32 Å². The summed E-state index contributed by atoms with van der Waals surface area (Å²) in [4.78, 5) is 22.7. The van der Waals surface area contributed by atoms with E-state index < -0.39 is 10.8 Å². The van der Waals surface area contributed by atoms with E-state index in [0.29, 0.717) is 16.8 Å². The molecule has 7 heteroatoms. The highest BCUT2D eigenvalue weighted by Gasteiger charge is 2.13. The number of carbonyl (C=O) groups excluding carboxylic acids is 1. The van der Waals surface area contributed by atoms with E-state index in [0.717, 1.165) is 4.47 Å². The summed E-state index contributed by atoms with van der Waals surface area (Å²) in [6, 6.07) is 13.3. The predicted molar refractivity (Wildman–Crippen MR) is 94.2 cm³/mol. The van der Waals surface area contributed by atoms with Gasteiger partial charge in [0.25, 0.3) is 11.6 Å². The normalized spacial score (nSPS) is 10.8. The highest BCUT2D eigenvalue weighted by atomic mass is 79.9. The molecule has 2 rings (SSSR count). The Morgan fingerprint density at radius 3 is 2.71 bits per heavy atom. The van der Waals surface area contributed by atoms with Crippen LogP contribution >= 0.6 is 15.9 Å². The first kappa shape index (κ1) is 17.4. The van der Waals surface area contributed by atoms with Crippen LogP contribution < -0.4 is 5.32 Å². The van der Waals surface area contributed by atoms with Crippen molar-refractivity contribution < 1.29 is 9.72 Å². The van der Waals surface area contributed by atoms with E-state index in [9.17, 15) is 20.2 Å². The molecule has 6 nitrogen and oxygen atoms in total. The highest BCUT2D eigenvalue weighted by molar-refractivity contribution is 9.10. The minimum Gasteiger partial charge on any atom is -0.321 e. The summed E-state index contributed by atoms with van der Waals surface area (Å²) in [5, 5.41) is 22.8. The Kier molecular flexibility index (Phi) is 5.45. The molecule has 120 valence electrons. The topological polar surface area (TPSA) is 96.0 Å². The first-order chi connectivity index (χ1) is 11.4. The molecular weight excluding hydrogens is 374 g/mol. The molecule has 0 aliphatic heterocycles. The number of nitro groups is 1. The molecular formula is C17H12BrN3O3. The quantitative estimate of drug-likeness (QED) is 0.368. The van der Waals surface area contributed by atoms with E-state index in [1.807, 2.05) is 12.1 Å². The standard InChI is InChI=1S/C17H12BrN3O3/c1-11-5-6-12(8-16(11)21(23)24)7-13(10-19)17(22)20-15-4-2-3-14(18)9-15/h2-9H,1H3,(H,20,22)/b13-7-. The van der Waals surface area contributed by atoms with Crippen LogP contribution in [-0.2, 0) is 4.79 Å². The molecule has 24 heavy (non-hydrogen) atoms. The Morgan fingerprint density at radius 1 is 1.33 bits per heavy atom. The third kappa shape index (κ3) is 4.27. The molecule has 1 N–H and O–H groups in total. The molecule has 0 radical (unpaired) electrons. The van der Waals surface area contributed by atoms with E-state index in [2.05, 4.69) is 21.2 Å². The molecule has 1 amide bonds. The summed E-state index contributed by atoms with van der Waals surface area (Å²) in [6.45, 7) is 1.62. The second kappa shape index (κ2) is 7.53. The Morgan fingerprint density at radius 2 is 2.08 bits per heavy atom. The van der Waals surface area contributed by atoms with Crippen molar-refractivity contribution in [2.24, 2.45) is 0 Å². The van der Waals surface area contributed by atoms with Crippen molar-refractivity contribution in [3.63, 3.8) is 0 Å². The molecule has 0 atom stereocenters. The summed E-state index contributed by atoms with van der Waals surface area (Å²) in [6.07, 6.45) is 1.32. The highest BCUT2D eigenvalue weighted by Crippen LogP contribution is 2.21. The zero-order valence-corrected chi connectivity index (χ0v) is 14.2. The fraction of sp³-hybridized carbons (Fsp3) is 0.0588. The van der Waals surface area contributed by atoms with Crippen LogP contribution in [0.4, 0.5) is 11.4 Å². The van der Waals surface area contributed by atoms with Gasteiger partial charge in [-0.2, -0.15) is 5.26 Å². The van der Waals surface area contributed by atoms with Crippen LogP contribution in [-0.4, -0.2) is 10.8 Å². The molecule has 2 aromatic carbocycles. The van der Waals surface area contributed by atoms with Gasteiger partial charge >= 0.3 is 0 Å². The maximum Gasteiger partial charge on any atom is 0.272 e. The minimum absolute atomic E-state index is 0.0616. The number of nitrogens with zero attached hydrogens (tertiary/aromatic N) is 2. The van der Waals surface area contributed by atoms with Crippen LogP contribution in [0.5, 0.6) is 0 Å². The number of nitrogens with one attached hydrogen (secondary N) is 1. The van der Waals surface area contributed by atoms with Gasteiger partial charge in [0.2, 0.25) is 0 Å². The van der Waals surface area contributed by atoms with Gasteiger partial charge in [-0.1, -0.05) is 34.1 Å². The lowest BCUT2D eigenvalue weighted by Crippen LogP contribution is -2.13. The van der Waals surface area contributed by atoms with Gasteiger partial charge in [-0.3, -0.25) is 14.9 Å². The van der Waals surface area contributed by atoms with Crippen LogP contribution in [0, 0.1) is 28.4 Å². The number of rotatable bonds is 4. The SMILES string of the molecule is Cc1ccc(/C=C(/C#N)C(=O)Nc2cccc(Br)c2)cc1[N+](=O)[O-]. The molecule has 0 bridgehead atoms. The van der Waals surface area contributed by atoms with Crippen molar-refractivity contribution in [2.45, 2.75) is 6.92 Å². The van der Waals surface area contributed by atoms with Gasteiger partial charge in [0, 0.05) is 21.8 Å². The summed E-state index contributed by atoms with van der Waals surface area (Å²) in [5.74, 6) is -0.584. The Bertz CT molecular complexity index is 885. The Hall–Kier alpha value is -2.98. The Labute approximate surface area is 146 Å². The third-order valence-corrected chi connectivity index (χ3v) is 3.68. The van der Waals surface area contributed by atoms with Crippen molar-refractivity contribution in [1.29, 1.82) is 5.26 Å². The molecule has 0 spiro atoms. The van der Waals surface area contributed by atoms with Gasteiger partial charge in [0.05, 0.1) is 4.92 Å². The molecule has 0 unspecified atom stereocenters. The second-order valence-electron chi connectivity index (χ2n) is 4.94. The number of benzene rings is 2. The number of aryl methyl sites for hydroxylation is 1. The number of hydrogen-bond donors (Lipinski definition) is 1. The number of halogens is 1. The molecule has 0 saturated heterocycles. The number of amides is 1. The van der Waals surface area contributed by atoms with Gasteiger partial charge in [0.1, 0.15) is 11.6 Å². The fourth-order valence-corrected chi connectivity index (χ4v) is 2.39. The van der Waals surface area contributed by atoms with Crippen molar-refractivity contribution in [3.8, 4) is 6.07 Å². The van der Waals surface area contributed by atoms with Crippen molar-refractivity contribution in [2.75, 3.05) is 5.32 Å². The van der Waals surface area contributed by atoms with E-state index >= 15 is 0 Å². The van der Waals surface area contributed by atoms with Gasteiger partial charge in [-0.25, -0.2) is 0 Å². The number of anilines is 1. The van der Waals surface area contributed by atoms with Crippen molar-refractivity contribution in [1.82, 2.24) is 0 Å². The van der Waals surface area contributed by atoms with Crippen LogP contribution in [0.25, 0.3) is 6.08 Å². The summed E-state index contributed by atoms with van der Waals surface area (Å²) in [5.41, 5.74) is 1.24. The minimum atomic E-state index is -0.584. The lowest BCUT2D eigenvalue weighted by atomic mass is 10.1. The third-order valence-electron chi connectivity index (χ3n) is 3.19. The van der Waals surface area contributed by atoms with Crippen molar-refractivity contribution in [3.05, 3.63) is 73.8 Å². The lowest BCUT2D eigenvalue weighted by Gasteiger charge is -2.05. The van der Waals surface area contributed by atoms with Crippen LogP contribution in [0.3, 0.4) is 0 Å². The predicted octanol–water partition coefficient (Wildman–Crippen LogP) is 4.21. The molecule has 0 aromatic heterocycles. The van der Waals surface area contributed by atoms with Gasteiger partial charge in [0.15, 0.2) is 0 Å². The van der Waals surface area contributed by atoms with Gasteiger partial charge in [-0.05, 0) is 36.8 Å². The fourth-order valence-electron chi connectivity index (χ4n) is 1.99. The number of hydrogen-bond acceptors (Lipinski definition) is 4. The molecule has 2 aromatic rings. The monoisotopic (exact) mass is 385 g/mol. The number of nitriles is 1. The molecule has 0 aliphatic rings. The lowest BCUT2D eigenvalue weighted by molar-refractivity contribution is -0.385. The van der Waals surface area contributed by atoms with E-state index in [-0.39, 0.29) is 11.3 Å². The van der Waals surface area contributed by atoms with Crippen LogP contribution in [0.1, 0.15) is 11.1 Å². The summed E-state index contributed by atoms with van der Waals surface area (Å²) >= 11 is 3.29. The zero-order valence-electron chi connectivity index (χ0n) is 12.6. The first-order valence-electron chi connectivity index (χ1n) is 6.84.